The number of thiazole rings is 1. The Morgan fingerprint density at radius 3 is 3.19 bits per heavy atom. The number of amides is 1. The molecule has 10 heteroatoms. The predicted octanol–water partition coefficient (Wildman–Crippen LogP) is 2.01. The second kappa shape index (κ2) is 7.62. The van der Waals surface area contributed by atoms with Crippen LogP contribution in [-0.2, 0) is 6.42 Å². The Balaban J connectivity index is 1.39. The van der Waals surface area contributed by atoms with Crippen molar-refractivity contribution >= 4 is 33.7 Å². The highest BCUT2D eigenvalue weighted by Gasteiger charge is 2.25. The minimum atomic E-state index is -0.145. The molecule has 1 atom stereocenters. The third-order valence-electron chi connectivity index (χ3n) is 4.14. The Labute approximate surface area is 158 Å². The summed E-state index contributed by atoms with van der Waals surface area (Å²) in [6.07, 6.45) is 0.447. The van der Waals surface area contributed by atoms with Crippen molar-refractivity contribution in [3.63, 3.8) is 0 Å². The number of anilines is 1. The van der Waals surface area contributed by atoms with E-state index in [2.05, 4.69) is 37.7 Å². The van der Waals surface area contributed by atoms with Gasteiger partial charge >= 0.3 is 0 Å². The molecule has 0 aromatic carbocycles. The molecule has 0 aliphatic carbocycles. The van der Waals surface area contributed by atoms with Gasteiger partial charge in [-0.15, -0.1) is 22.7 Å². The van der Waals surface area contributed by atoms with Crippen LogP contribution in [0.5, 0.6) is 0 Å². The van der Waals surface area contributed by atoms with Gasteiger partial charge in [0.05, 0.1) is 23.0 Å². The van der Waals surface area contributed by atoms with Crippen LogP contribution in [0.25, 0.3) is 0 Å². The minimum Gasteiger partial charge on any atom is -0.339 e. The number of rotatable bonds is 5. The van der Waals surface area contributed by atoms with Crippen LogP contribution in [0.4, 0.5) is 5.13 Å². The molecule has 1 amide bonds. The van der Waals surface area contributed by atoms with Crippen LogP contribution >= 0.6 is 22.7 Å². The van der Waals surface area contributed by atoms with Crippen molar-refractivity contribution in [2.45, 2.75) is 12.5 Å². The maximum Gasteiger partial charge on any atom is 0.267 e. The number of piperazine rings is 1. The quantitative estimate of drug-likeness (QED) is 0.688. The first-order valence-electron chi connectivity index (χ1n) is 8.22. The standard InChI is InChI=1S/C16H18N6O2S2/c1-22-5-4-17-8-11(22)14-19-13(24-21-14)7-10-9-26-16(18-10)20-15(23)12-3-2-6-25-12/h2-3,6,9,11,17H,4-5,7-8H2,1H3,(H,18,20,23). The van der Waals surface area contributed by atoms with Crippen LogP contribution in [0.1, 0.15) is 33.1 Å². The van der Waals surface area contributed by atoms with Gasteiger partial charge in [0, 0.05) is 25.0 Å². The maximum atomic E-state index is 12.1. The molecule has 4 heterocycles. The second-order valence-corrected chi connectivity index (χ2v) is 7.80. The van der Waals surface area contributed by atoms with Gasteiger partial charge in [0.15, 0.2) is 11.0 Å². The Hall–Kier alpha value is -2.14. The Kier molecular flexibility index (Phi) is 5.07. The summed E-state index contributed by atoms with van der Waals surface area (Å²) in [5, 5.41) is 14.6. The molecule has 3 aromatic heterocycles. The topological polar surface area (TPSA) is 96.2 Å². The fraction of sp³-hybridized carbons (Fsp3) is 0.375. The van der Waals surface area contributed by atoms with Gasteiger partial charge in [-0.05, 0) is 18.5 Å². The smallest absolute Gasteiger partial charge is 0.267 e. The normalized spacial score (nSPS) is 18.1. The van der Waals surface area contributed by atoms with E-state index in [0.717, 1.165) is 25.3 Å². The largest absolute Gasteiger partial charge is 0.339 e. The van der Waals surface area contributed by atoms with Crippen LogP contribution in [0.15, 0.2) is 27.4 Å². The summed E-state index contributed by atoms with van der Waals surface area (Å²) in [6, 6.07) is 3.75. The molecule has 136 valence electrons. The molecular formula is C16H18N6O2S2. The summed E-state index contributed by atoms with van der Waals surface area (Å²) in [7, 11) is 2.06. The Bertz CT molecular complexity index is 875. The van der Waals surface area contributed by atoms with Crippen molar-refractivity contribution in [2.75, 3.05) is 32.0 Å². The minimum absolute atomic E-state index is 0.123. The van der Waals surface area contributed by atoms with Crippen molar-refractivity contribution in [1.82, 2.24) is 25.3 Å². The molecule has 1 fully saturated rings. The van der Waals surface area contributed by atoms with E-state index in [0.29, 0.717) is 28.1 Å². The summed E-state index contributed by atoms with van der Waals surface area (Å²) in [5.41, 5.74) is 0.793. The molecule has 8 nitrogen and oxygen atoms in total. The molecule has 1 aliphatic rings. The summed E-state index contributed by atoms with van der Waals surface area (Å²) in [5.74, 6) is 1.07. The molecular weight excluding hydrogens is 372 g/mol. The fourth-order valence-electron chi connectivity index (χ4n) is 2.74. The van der Waals surface area contributed by atoms with Crippen molar-refractivity contribution < 1.29 is 9.32 Å². The van der Waals surface area contributed by atoms with Gasteiger partial charge in [-0.1, -0.05) is 11.2 Å². The lowest BCUT2D eigenvalue weighted by Crippen LogP contribution is -2.44. The first-order valence-corrected chi connectivity index (χ1v) is 9.97. The summed E-state index contributed by atoms with van der Waals surface area (Å²) < 4.78 is 5.38. The molecule has 0 radical (unpaired) electrons. The molecule has 0 saturated carbocycles. The van der Waals surface area contributed by atoms with Gasteiger partial charge in [0.2, 0.25) is 5.89 Å². The van der Waals surface area contributed by atoms with E-state index in [9.17, 15) is 4.79 Å². The number of nitrogens with one attached hydrogen (secondary N) is 2. The van der Waals surface area contributed by atoms with Gasteiger partial charge < -0.3 is 9.84 Å². The molecule has 1 aliphatic heterocycles. The van der Waals surface area contributed by atoms with Crippen LogP contribution in [0.3, 0.4) is 0 Å². The molecule has 3 aromatic rings. The maximum absolute atomic E-state index is 12.1. The number of carbonyl (C=O) groups excluding carboxylic acids is 1. The molecule has 0 bridgehead atoms. The zero-order valence-electron chi connectivity index (χ0n) is 14.1. The lowest BCUT2D eigenvalue weighted by atomic mass is 10.2. The van der Waals surface area contributed by atoms with Crippen LogP contribution in [0, 0.1) is 0 Å². The van der Waals surface area contributed by atoms with E-state index in [4.69, 9.17) is 4.52 Å². The molecule has 0 spiro atoms. The van der Waals surface area contributed by atoms with E-state index in [1.54, 1.807) is 6.07 Å². The number of aromatic nitrogens is 3. The van der Waals surface area contributed by atoms with Crippen molar-refractivity contribution in [3.05, 3.63) is 45.2 Å². The molecule has 4 rings (SSSR count). The Morgan fingerprint density at radius 1 is 1.46 bits per heavy atom. The number of thiophene rings is 1. The first-order chi connectivity index (χ1) is 12.7. The summed E-state index contributed by atoms with van der Waals surface area (Å²) in [6.45, 7) is 2.73. The Morgan fingerprint density at radius 2 is 2.38 bits per heavy atom. The highest BCUT2D eigenvalue weighted by atomic mass is 32.1. The summed E-state index contributed by atoms with van der Waals surface area (Å²) >= 11 is 2.78. The lowest BCUT2D eigenvalue weighted by molar-refractivity contribution is 0.103. The van der Waals surface area contributed by atoms with E-state index in [1.165, 1.54) is 22.7 Å². The van der Waals surface area contributed by atoms with Gasteiger partial charge in [0.1, 0.15) is 0 Å². The van der Waals surface area contributed by atoms with Crippen molar-refractivity contribution in [3.8, 4) is 0 Å². The van der Waals surface area contributed by atoms with Crippen molar-refractivity contribution in [2.24, 2.45) is 0 Å². The van der Waals surface area contributed by atoms with Gasteiger partial charge in [-0.2, -0.15) is 4.98 Å². The molecule has 26 heavy (non-hydrogen) atoms. The highest BCUT2D eigenvalue weighted by molar-refractivity contribution is 7.14. The van der Waals surface area contributed by atoms with Crippen LogP contribution < -0.4 is 10.6 Å². The van der Waals surface area contributed by atoms with E-state index < -0.39 is 0 Å². The third-order valence-corrected chi connectivity index (χ3v) is 5.82. The predicted molar refractivity (Wildman–Crippen MR) is 99.7 cm³/mol. The van der Waals surface area contributed by atoms with Crippen LogP contribution in [0.2, 0.25) is 0 Å². The SMILES string of the molecule is CN1CCNCC1c1noc(Cc2csc(NC(=O)c3cccs3)n2)n1. The van der Waals surface area contributed by atoms with Gasteiger partial charge in [-0.3, -0.25) is 15.0 Å². The average Bonchev–Trinajstić information content (AvgIpc) is 3.37. The molecule has 1 saturated heterocycles. The number of hydrogen-bond donors (Lipinski definition) is 2. The number of hydrogen-bond acceptors (Lipinski definition) is 9. The molecule has 2 N–H and O–H groups in total. The third kappa shape index (κ3) is 3.83. The second-order valence-electron chi connectivity index (χ2n) is 6.00. The van der Waals surface area contributed by atoms with E-state index in [1.807, 2.05) is 16.8 Å². The monoisotopic (exact) mass is 390 g/mol. The van der Waals surface area contributed by atoms with E-state index in [-0.39, 0.29) is 11.9 Å². The number of nitrogens with zero attached hydrogens (tertiary/aromatic N) is 4. The van der Waals surface area contributed by atoms with Crippen LogP contribution in [-0.4, -0.2) is 52.6 Å². The number of carbonyl (C=O) groups is 1. The zero-order valence-corrected chi connectivity index (χ0v) is 15.8. The lowest BCUT2D eigenvalue weighted by Gasteiger charge is -2.30. The van der Waals surface area contributed by atoms with Gasteiger partial charge in [-0.25, -0.2) is 4.98 Å². The summed E-state index contributed by atoms with van der Waals surface area (Å²) in [4.78, 5) is 23.9. The number of likely N-dealkylation sites (N-methyl/N-ethyl adjacent to an activating group) is 1. The van der Waals surface area contributed by atoms with E-state index >= 15 is 0 Å². The molecule has 1 unspecified atom stereocenters. The first kappa shape index (κ1) is 17.3. The average molecular weight is 390 g/mol. The highest BCUT2D eigenvalue weighted by Crippen LogP contribution is 2.21. The van der Waals surface area contributed by atoms with Crippen molar-refractivity contribution in [1.29, 1.82) is 0 Å². The van der Waals surface area contributed by atoms with Gasteiger partial charge in [0.25, 0.3) is 5.91 Å². The zero-order chi connectivity index (χ0) is 17.9. The fourth-order valence-corrected chi connectivity index (χ4v) is 4.06.